The highest BCUT2D eigenvalue weighted by atomic mass is 16.4. The number of carbonyl (C=O) groups excluding carboxylic acids is 2. The van der Waals surface area contributed by atoms with Crippen molar-refractivity contribution in [3.05, 3.63) is 12.2 Å². The molecule has 0 saturated heterocycles. The van der Waals surface area contributed by atoms with Gasteiger partial charge in [-0.2, -0.15) is 0 Å². The molecule has 2 amide bonds. The molecule has 0 unspecified atom stereocenters. The van der Waals surface area contributed by atoms with Crippen LogP contribution < -0.4 is 0 Å². The standard InChI is InChI=1S/C6H11NO2.C4H6O2/c1-4-7(5(2)8)6(3)9;1-3(2)4(5)6/h4H2,1-3H3;1H2,2H3,(H,5,6). The minimum atomic E-state index is -0.935. The van der Waals surface area contributed by atoms with Gasteiger partial charge in [-0.25, -0.2) is 4.79 Å². The lowest BCUT2D eigenvalue weighted by Gasteiger charge is -2.12. The van der Waals surface area contributed by atoms with Crippen molar-refractivity contribution in [1.29, 1.82) is 0 Å². The molecule has 0 radical (unpaired) electrons. The van der Waals surface area contributed by atoms with E-state index < -0.39 is 5.97 Å². The van der Waals surface area contributed by atoms with Crippen LogP contribution >= 0.6 is 0 Å². The molecule has 0 rings (SSSR count). The summed E-state index contributed by atoms with van der Waals surface area (Å²) in [5.41, 5.74) is 0.176. The van der Waals surface area contributed by atoms with E-state index in [0.717, 1.165) is 0 Å². The van der Waals surface area contributed by atoms with Crippen LogP contribution in [-0.2, 0) is 14.4 Å². The van der Waals surface area contributed by atoms with Crippen molar-refractivity contribution < 1.29 is 19.5 Å². The van der Waals surface area contributed by atoms with Crippen molar-refractivity contribution in [1.82, 2.24) is 4.90 Å². The zero-order valence-corrected chi connectivity index (χ0v) is 9.53. The molecule has 15 heavy (non-hydrogen) atoms. The van der Waals surface area contributed by atoms with Gasteiger partial charge in [0.05, 0.1) is 0 Å². The molecule has 0 bridgehead atoms. The molecule has 0 atom stereocenters. The molecule has 0 heterocycles. The van der Waals surface area contributed by atoms with Crippen LogP contribution in [0.25, 0.3) is 0 Å². The van der Waals surface area contributed by atoms with Crippen LogP contribution in [0.4, 0.5) is 0 Å². The Hall–Kier alpha value is -1.65. The van der Waals surface area contributed by atoms with Gasteiger partial charge in [-0.3, -0.25) is 14.5 Å². The van der Waals surface area contributed by atoms with Crippen molar-refractivity contribution in [3.63, 3.8) is 0 Å². The van der Waals surface area contributed by atoms with Gasteiger partial charge in [0.2, 0.25) is 11.8 Å². The van der Waals surface area contributed by atoms with Crippen LogP contribution in [-0.4, -0.2) is 34.3 Å². The van der Waals surface area contributed by atoms with E-state index >= 15 is 0 Å². The number of rotatable bonds is 2. The summed E-state index contributed by atoms with van der Waals surface area (Å²) in [5, 5.41) is 7.89. The van der Waals surface area contributed by atoms with Crippen molar-refractivity contribution >= 4 is 17.8 Å². The zero-order valence-electron chi connectivity index (χ0n) is 9.53. The highest BCUT2D eigenvalue weighted by Crippen LogP contribution is 1.87. The average Bonchev–Trinajstić information content (AvgIpc) is 2.04. The first-order chi connectivity index (χ1) is 6.73. The second-order valence-corrected chi connectivity index (χ2v) is 2.87. The monoisotopic (exact) mass is 215 g/mol. The third-order valence-corrected chi connectivity index (χ3v) is 1.44. The van der Waals surface area contributed by atoms with Gasteiger partial charge in [0.15, 0.2) is 0 Å². The van der Waals surface area contributed by atoms with Crippen molar-refractivity contribution in [2.24, 2.45) is 0 Å². The number of imide groups is 1. The van der Waals surface area contributed by atoms with Gasteiger partial charge in [-0.15, -0.1) is 0 Å². The first kappa shape index (κ1) is 15.8. The summed E-state index contributed by atoms with van der Waals surface area (Å²) < 4.78 is 0. The molecule has 5 heteroatoms. The van der Waals surface area contributed by atoms with E-state index in [2.05, 4.69) is 6.58 Å². The van der Waals surface area contributed by atoms with Crippen LogP contribution in [0.2, 0.25) is 0 Å². The number of carboxylic acid groups (broad SMARTS) is 1. The third kappa shape index (κ3) is 8.67. The SMILES string of the molecule is C=C(C)C(=O)O.CCN(C(C)=O)C(C)=O. The maximum atomic E-state index is 10.5. The number of aliphatic carboxylic acids is 1. The van der Waals surface area contributed by atoms with Crippen molar-refractivity contribution in [2.45, 2.75) is 27.7 Å². The second kappa shape index (κ2) is 7.73. The molecule has 1 N–H and O–H groups in total. The summed E-state index contributed by atoms with van der Waals surface area (Å²) in [6.07, 6.45) is 0. The van der Waals surface area contributed by atoms with E-state index in [-0.39, 0.29) is 17.4 Å². The maximum absolute atomic E-state index is 10.5. The molecule has 0 aromatic carbocycles. The molecule has 0 fully saturated rings. The molecule has 0 aliphatic heterocycles. The molecule has 0 spiro atoms. The molecule has 86 valence electrons. The Kier molecular flexibility index (Phi) is 8.14. The van der Waals surface area contributed by atoms with Gasteiger partial charge in [0, 0.05) is 26.0 Å². The first-order valence-corrected chi connectivity index (χ1v) is 4.41. The molecule has 5 nitrogen and oxygen atoms in total. The number of hydrogen-bond donors (Lipinski definition) is 1. The molecule has 0 aliphatic carbocycles. The van der Waals surface area contributed by atoms with E-state index in [0.29, 0.717) is 6.54 Å². The Bertz CT molecular complexity index is 245. The maximum Gasteiger partial charge on any atom is 0.330 e. The van der Waals surface area contributed by atoms with Crippen LogP contribution in [0, 0.1) is 0 Å². The van der Waals surface area contributed by atoms with Gasteiger partial charge in [-0.05, 0) is 13.8 Å². The lowest BCUT2D eigenvalue weighted by molar-refractivity contribution is -0.141. The Labute approximate surface area is 89.4 Å². The Morgan fingerprint density at radius 1 is 1.13 bits per heavy atom. The Morgan fingerprint density at radius 3 is 1.40 bits per heavy atom. The number of carboxylic acids is 1. The summed E-state index contributed by atoms with van der Waals surface area (Å²) >= 11 is 0. The van der Waals surface area contributed by atoms with E-state index in [1.54, 1.807) is 6.92 Å². The zero-order chi connectivity index (χ0) is 12.6. The molecule has 0 saturated carbocycles. The predicted octanol–water partition coefficient (Wildman–Crippen LogP) is 1.05. The minimum Gasteiger partial charge on any atom is -0.478 e. The largest absolute Gasteiger partial charge is 0.478 e. The van der Waals surface area contributed by atoms with Gasteiger partial charge >= 0.3 is 5.97 Å². The fourth-order valence-corrected chi connectivity index (χ4v) is 0.667. The molecular weight excluding hydrogens is 198 g/mol. The summed E-state index contributed by atoms with van der Waals surface area (Å²) in [7, 11) is 0. The summed E-state index contributed by atoms with van der Waals surface area (Å²) in [4.78, 5) is 31.8. The second-order valence-electron chi connectivity index (χ2n) is 2.87. The highest BCUT2D eigenvalue weighted by Gasteiger charge is 2.08. The smallest absolute Gasteiger partial charge is 0.330 e. The number of hydrogen-bond acceptors (Lipinski definition) is 3. The molecule has 0 aliphatic rings. The van der Waals surface area contributed by atoms with E-state index in [1.165, 1.54) is 25.7 Å². The summed E-state index contributed by atoms with van der Waals surface area (Å²) in [6.45, 7) is 9.59. The highest BCUT2D eigenvalue weighted by molar-refractivity contribution is 5.92. The van der Waals surface area contributed by atoms with Crippen LogP contribution in [0.1, 0.15) is 27.7 Å². The summed E-state index contributed by atoms with van der Waals surface area (Å²) in [5.74, 6) is -1.31. The molecular formula is C10H17NO4. The lowest BCUT2D eigenvalue weighted by atomic mass is 10.4. The normalized spacial score (nSPS) is 8.27. The fourth-order valence-electron chi connectivity index (χ4n) is 0.667. The Morgan fingerprint density at radius 2 is 1.40 bits per heavy atom. The van der Waals surface area contributed by atoms with E-state index in [4.69, 9.17) is 5.11 Å². The first-order valence-electron chi connectivity index (χ1n) is 4.41. The quantitative estimate of drug-likeness (QED) is 0.698. The topological polar surface area (TPSA) is 74.7 Å². The Balaban J connectivity index is 0. The van der Waals surface area contributed by atoms with Crippen LogP contribution in [0.15, 0.2) is 12.2 Å². The number of nitrogens with zero attached hydrogens (tertiary/aromatic N) is 1. The summed E-state index contributed by atoms with van der Waals surface area (Å²) in [6, 6.07) is 0. The van der Waals surface area contributed by atoms with Gasteiger partial charge < -0.3 is 5.11 Å². The van der Waals surface area contributed by atoms with Gasteiger partial charge in [0.25, 0.3) is 0 Å². The fraction of sp³-hybridized carbons (Fsp3) is 0.500. The lowest BCUT2D eigenvalue weighted by Crippen LogP contribution is -2.32. The van der Waals surface area contributed by atoms with Gasteiger partial charge in [-0.1, -0.05) is 6.58 Å². The van der Waals surface area contributed by atoms with E-state index in [9.17, 15) is 14.4 Å². The average molecular weight is 215 g/mol. The molecule has 0 aromatic heterocycles. The number of carbonyl (C=O) groups is 3. The van der Waals surface area contributed by atoms with Crippen LogP contribution in [0.3, 0.4) is 0 Å². The van der Waals surface area contributed by atoms with Crippen molar-refractivity contribution in [2.75, 3.05) is 6.54 Å². The minimum absolute atomic E-state index is 0.176. The molecule has 0 aromatic rings. The van der Waals surface area contributed by atoms with E-state index in [1.807, 2.05) is 0 Å². The van der Waals surface area contributed by atoms with Crippen molar-refractivity contribution in [3.8, 4) is 0 Å². The number of amides is 2. The van der Waals surface area contributed by atoms with Crippen LogP contribution in [0.5, 0.6) is 0 Å². The third-order valence-electron chi connectivity index (χ3n) is 1.44. The van der Waals surface area contributed by atoms with Gasteiger partial charge in [0.1, 0.15) is 0 Å². The predicted molar refractivity (Wildman–Crippen MR) is 56.2 cm³/mol.